The summed E-state index contributed by atoms with van der Waals surface area (Å²) in [5.74, 6) is 0.980. The quantitative estimate of drug-likeness (QED) is 0.798. The van der Waals surface area contributed by atoms with E-state index >= 15 is 0 Å². The molecule has 3 nitrogen and oxygen atoms in total. The van der Waals surface area contributed by atoms with Crippen LogP contribution in [0.3, 0.4) is 0 Å². The average molecular weight is 220 g/mol. The van der Waals surface area contributed by atoms with Gasteiger partial charge in [-0.25, -0.2) is 0 Å². The predicted molar refractivity (Wildman–Crippen MR) is 67.2 cm³/mol. The summed E-state index contributed by atoms with van der Waals surface area (Å²) in [6.45, 7) is 7.08. The van der Waals surface area contributed by atoms with Gasteiger partial charge in [-0.3, -0.25) is 0 Å². The van der Waals surface area contributed by atoms with Crippen LogP contribution in [0.25, 0.3) is 0 Å². The van der Waals surface area contributed by atoms with Crippen LogP contribution in [0, 0.1) is 6.92 Å². The second-order valence-electron chi connectivity index (χ2n) is 4.35. The van der Waals surface area contributed by atoms with E-state index in [1.54, 1.807) is 0 Å². The number of aryl methyl sites for hydroxylation is 1. The number of anilines is 1. The number of hydrogen-bond acceptors (Lipinski definition) is 3. The average Bonchev–Trinajstić information content (AvgIpc) is 2.22. The molecular weight excluding hydrogens is 200 g/mol. The molecule has 1 fully saturated rings. The highest BCUT2D eigenvalue weighted by atomic mass is 16.5. The summed E-state index contributed by atoms with van der Waals surface area (Å²) in [4.78, 5) is 0. The highest BCUT2D eigenvalue weighted by Gasteiger charge is 2.17. The maximum Gasteiger partial charge on any atom is 0.142 e. The molecule has 2 N–H and O–H groups in total. The van der Waals surface area contributed by atoms with Crippen molar-refractivity contribution >= 4 is 5.69 Å². The smallest absolute Gasteiger partial charge is 0.142 e. The summed E-state index contributed by atoms with van der Waals surface area (Å²) < 4.78 is 5.75. The van der Waals surface area contributed by atoms with E-state index in [1.165, 1.54) is 5.56 Å². The molecule has 1 aromatic rings. The molecule has 0 atom stereocenters. The molecule has 1 heterocycles. The van der Waals surface area contributed by atoms with Crippen molar-refractivity contribution in [2.75, 3.05) is 25.0 Å². The van der Waals surface area contributed by atoms with Crippen LogP contribution in [0.5, 0.6) is 5.75 Å². The maximum atomic E-state index is 5.75. The van der Waals surface area contributed by atoms with Crippen molar-refractivity contribution in [1.82, 2.24) is 5.32 Å². The van der Waals surface area contributed by atoms with Gasteiger partial charge < -0.3 is 15.4 Å². The van der Waals surface area contributed by atoms with Crippen LogP contribution in [-0.2, 0) is 0 Å². The van der Waals surface area contributed by atoms with Crippen LogP contribution in [-0.4, -0.2) is 25.7 Å². The molecule has 0 saturated carbocycles. The zero-order valence-electron chi connectivity index (χ0n) is 10.0. The molecule has 1 aliphatic heterocycles. The highest BCUT2D eigenvalue weighted by Crippen LogP contribution is 2.27. The Morgan fingerprint density at radius 3 is 2.88 bits per heavy atom. The minimum Gasteiger partial charge on any atom is -0.491 e. The number of benzene rings is 1. The monoisotopic (exact) mass is 220 g/mol. The van der Waals surface area contributed by atoms with E-state index in [-0.39, 0.29) is 0 Å². The number of rotatable bonds is 5. The molecule has 2 rings (SSSR count). The minimum absolute atomic E-state index is 0.548. The normalized spacial score (nSPS) is 15.6. The van der Waals surface area contributed by atoms with Gasteiger partial charge in [0.15, 0.2) is 0 Å². The molecule has 0 radical (unpaired) electrons. The summed E-state index contributed by atoms with van der Waals surface area (Å²) in [6, 6.07) is 6.88. The van der Waals surface area contributed by atoms with Crippen LogP contribution < -0.4 is 15.4 Å². The van der Waals surface area contributed by atoms with E-state index in [4.69, 9.17) is 4.74 Å². The van der Waals surface area contributed by atoms with Gasteiger partial charge in [-0.2, -0.15) is 0 Å². The number of ether oxygens (including phenoxy) is 1. The summed E-state index contributed by atoms with van der Waals surface area (Å²) in [5, 5.41) is 6.75. The fraction of sp³-hybridized carbons (Fsp3) is 0.538. The summed E-state index contributed by atoms with van der Waals surface area (Å²) in [6.07, 6.45) is 1.04. The first kappa shape index (κ1) is 11.3. The summed E-state index contributed by atoms with van der Waals surface area (Å²) in [7, 11) is 0. The molecule has 0 aliphatic carbocycles. The number of hydrogen-bond donors (Lipinski definition) is 2. The number of nitrogens with one attached hydrogen (secondary N) is 2. The maximum absolute atomic E-state index is 5.75. The Morgan fingerprint density at radius 1 is 1.44 bits per heavy atom. The Morgan fingerprint density at radius 2 is 2.25 bits per heavy atom. The lowest BCUT2D eigenvalue weighted by Crippen LogP contribution is -2.51. The van der Waals surface area contributed by atoms with E-state index in [1.807, 2.05) is 0 Å². The Labute approximate surface area is 97.2 Å². The van der Waals surface area contributed by atoms with Crippen molar-refractivity contribution in [3.63, 3.8) is 0 Å². The molecule has 0 spiro atoms. The van der Waals surface area contributed by atoms with Gasteiger partial charge >= 0.3 is 0 Å². The van der Waals surface area contributed by atoms with Gasteiger partial charge in [0.05, 0.1) is 18.3 Å². The van der Waals surface area contributed by atoms with Gasteiger partial charge in [-0.15, -0.1) is 0 Å². The Hall–Kier alpha value is -1.22. The largest absolute Gasteiger partial charge is 0.491 e. The van der Waals surface area contributed by atoms with Gasteiger partial charge in [0, 0.05) is 13.1 Å². The third kappa shape index (κ3) is 2.67. The minimum atomic E-state index is 0.548. The first-order valence-corrected chi connectivity index (χ1v) is 6.00. The summed E-state index contributed by atoms with van der Waals surface area (Å²) in [5.41, 5.74) is 2.36. The van der Waals surface area contributed by atoms with Crippen LogP contribution in [0.1, 0.15) is 18.9 Å². The van der Waals surface area contributed by atoms with Crippen molar-refractivity contribution < 1.29 is 4.74 Å². The topological polar surface area (TPSA) is 33.3 Å². The van der Waals surface area contributed by atoms with Crippen LogP contribution in [0.2, 0.25) is 0 Å². The molecular formula is C13H20N2O. The molecule has 1 aromatic carbocycles. The van der Waals surface area contributed by atoms with E-state index in [0.717, 1.165) is 37.6 Å². The Bertz CT molecular complexity index is 348. The van der Waals surface area contributed by atoms with Crippen LogP contribution in [0.15, 0.2) is 18.2 Å². The SMILES string of the molecule is CCCOc1cc(C)ccc1NC1CNC1. The van der Waals surface area contributed by atoms with Crippen LogP contribution in [0.4, 0.5) is 5.69 Å². The Balaban J connectivity index is 2.07. The predicted octanol–water partition coefficient (Wildman–Crippen LogP) is 2.17. The van der Waals surface area contributed by atoms with E-state index in [0.29, 0.717) is 6.04 Å². The van der Waals surface area contributed by atoms with E-state index in [9.17, 15) is 0 Å². The van der Waals surface area contributed by atoms with Gasteiger partial charge in [0.2, 0.25) is 0 Å². The van der Waals surface area contributed by atoms with Gasteiger partial charge in [-0.05, 0) is 31.0 Å². The third-order valence-electron chi connectivity index (χ3n) is 2.74. The molecule has 1 aliphatic rings. The van der Waals surface area contributed by atoms with Crippen molar-refractivity contribution in [1.29, 1.82) is 0 Å². The molecule has 1 saturated heterocycles. The Kier molecular flexibility index (Phi) is 3.67. The van der Waals surface area contributed by atoms with Crippen molar-refractivity contribution in [3.05, 3.63) is 23.8 Å². The summed E-state index contributed by atoms with van der Waals surface area (Å²) >= 11 is 0. The zero-order valence-corrected chi connectivity index (χ0v) is 10.0. The molecule has 0 aromatic heterocycles. The first-order chi connectivity index (χ1) is 7.79. The molecule has 88 valence electrons. The van der Waals surface area contributed by atoms with Crippen molar-refractivity contribution in [2.45, 2.75) is 26.3 Å². The fourth-order valence-corrected chi connectivity index (χ4v) is 1.69. The zero-order chi connectivity index (χ0) is 11.4. The van der Waals surface area contributed by atoms with E-state index in [2.05, 4.69) is 42.7 Å². The molecule has 3 heteroatoms. The van der Waals surface area contributed by atoms with E-state index < -0.39 is 0 Å². The van der Waals surface area contributed by atoms with Gasteiger partial charge in [0.1, 0.15) is 5.75 Å². The van der Waals surface area contributed by atoms with Crippen molar-refractivity contribution in [3.8, 4) is 5.75 Å². The van der Waals surface area contributed by atoms with Gasteiger partial charge in [0.25, 0.3) is 0 Å². The highest BCUT2D eigenvalue weighted by molar-refractivity contribution is 5.58. The lowest BCUT2D eigenvalue weighted by Gasteiger charge is -2.29. The van der Waals surface area contributed by atoms with Gasteiger partial charge in [-0.1, -0.05) is 13.0 Å². The lowest BCUT2D eigenvalue weighted by atomic mass is 10.1. The third-order valence-corrected chi connectivity index (χ3v) is 2.74. The second kappa shape index (κ2) is 5.21. The first-order valence-electron chi connectivity index (χ1n) is 6.00. The molecule has 16 heavy (non-hydrogen) atoms. The molecule has 0 amide bonds. The molecule has 0 bridgehead atoms. The van der Waals surface area contributed by atoms with Crippen molar-refractivity contribution in [2.24, 2.45) is 0 Å². The lowest BCUT2D eigenvalue weighted by molar-refractivity contribution is 0.318. The molecule has 0 unspecified atom stereocenters. The fourth-order valence-electron chi connectivity index (χ4n) is 1.69. The van der Waals surface area contributed by atoms with Crippen LogP contribution >= 0.6 is 0 Å². The second-order valence-corrected chi connectivity index (χ2v) is 4.35. The standard InChI is InChI=1S/C13H20N2O/c1-3-6-16-13-7-10(2)4-5-12(13)15-11-8-14-9-11/h4-5,7,11,14-15H,3,6,8-9H2,1-2H3.